The van der Waals surface area contributed by atoms with E-state index in [9.17, 15) is 14.0 Å². The summed E-state index contributed by atoms with van der Waals surface area (Å²) in [4.78, 5) is 26.7. The zero-order valence-electron chi connectivity index (χ0n) is 14.6. The molecule has 4 nitrogen and oxygen atoms in total. The van der Waals surface area contributed by atoms with Crippen molar-refractivity contribution >= 4 is 35.0 Å². The average Bonchev–Trinajstić information content (AvgIpc) is 2.67. The summed E-state index contributed by atoms with van der Waals surface area (Å²) in [7, 11) is 0. The lowest BCUT2D eigenvalue weighted by Crippen LogP contribution is -2.40. The van der Waals surface area contributed by atoms with Crippen LogP contribution in [0.15, 0.2) is 48.5 Å². The fourth-order valence-electron chi connectivity index (χ4n) is 2.98. The van der Waals surface area contributed by atoms with Crippen LogP contribution in [0, 0.1) is 5.82 Å². The Labute approximate surface area is 156 Å². The van der Waals surface area contributed by atoms with E-state index < -0.39 is 0 Å². The normalized spacial score (nSPS) is 14.5. The van der Waals surface area contributed by atoms with E-state index in [1.165, 1.54) is 41.6 Å². The van der Waals surface area contributed by atoms with Gasteiger partial charge in [0.2, 0.25) is 11.8 Å². The molecule has 0 spiro atoms. The highest BCUT2D eigenvalue weighted by atomic mass is 32.2. The van der Waals surface area contributed by atoms with Crippen LogP contribution in [0.5, 0.6) is 0 Å². The van der Waals surface area contributed by atoms with Gasteiger partial charge in [0.1, 0.15) is 5.82 Å². The summed E-state index contributed by atoms with van der Waals surface area (Å²) >= 11 is 1.31. The number of para-hydroxylation sites is 1. The fraction of sp³-hybridized carbons (Fsp3) is 0.300. The second-order valence-corrected chi connectivity index (χ2v) is 7.56. The van der Waals surface area contributed by atoms with Gasteiger partial charge in [0.15, 0.2) is 0 Å². The Bertz CT molecular complexity index is 795. The molecule has 1 aliphatic heterocycles. The zero-order valence-corrected chi connectivity index (χ0v) is 15.4. The van der Waals surface area contributed by atoms with E-state index in [-0.39, 0.29) is 28.6 Å². The number of hydrogen-bond donors (Lipinski definition) is 1. The van der Waals surface area contributed by atoms with Crippen molar-refractivity contribution in [2.24, 2.45) is 0 Å². The number of fused-ring (bicyclic) bond motifs is 1. The van der Waals surface area contributed by atoms with Crippen molar-refractivity contribution in [1.82, 2.24) is 0 Å². The third-order valence-electron chi connectivity index (χ3n) is 4.32. The van der Waals surface area contributed by atoms with E-state index >= 15 is 0 Å². The number of carbonyl (C=O) groups excluding carboxylic acids is 2. The first kappa shape index (κ1) is 18.5. The van der Waals surface area contributed by atoms with Gasteiger partial charge >= 0.3 is 0 Å². The van der Waals surface area contributed by atoms with E-state index in [1.807, 2.05) is 30.0 Å². The maximum Gasteiger partial charge on any atom is 0.239 e. The maximum absolute atomic E-state index is 12.9. The number of halogens is 1. The SMILES string of the molecule is CC(SCC(=O)Nc1ccc(F)cc1)C(=O)N1CCCc2ccccc21. The van der Waals surface area contributed by atoms with E-state index in [4.69, 9.17) is 0 Å². The molecule has 2 amide bonds. The van der Waals surface area contributed by atoms with Crippen LogP contribution < -0.4 is 10.2 Å². The molecular formula is C20H21FN2O2S. The number of hydrogen-bond acceptors (Lipinski definition) is 3. The molecule has 1 unspecified atom stereocenters. The Balaban J connectivity index is 1.55. The van der Waals surface area contributed by atoms with Crippen LogP contribution in [0.4, 0.5) is 15.8 Å². The Hall–Kier alpha value is -2.34. The van der Waals surface area contributed by atoms with Gasteiger partial charge in [-0.1, -0.05) is 18.2 Å². The molecular weight excluding hydrogens is 351 g/mol. The minimum atomic E-state index is -0.349. The summed E-state index contributed by atoms with van der Waals surface area (Å²) in [5.41, 5.74) is 2.71. The molecule has 2 aromatic carbocycles. The number of benzene rings is 2. The van der Waals surface area contributed by atoms with Gasteiger partial charge in [-0.15, -0.1) is 11.8 Å². The van der Waals surface area contributed by atoms with Crippen LogP contribution in [0.2, 0.25) is 0 Å². The van der Waals surface area contributed by atoms with Gasteiger partial charge in [-0.2, -0.15) is 0 Å². The Morgan fingerprint density at radius 1 is 1.19 bits per heavy atom. The van der Waals surface area contributed by atoms with Gasteiger partial charge in [-0.3, -0.25) is 9.59 Å². The molecule has 1 aliphatic rings. The molecule has 1 N–H and O–H groups in total. The van der Waals surface area contributed by atoms with Crippen molar-refractivity contribution in [1.29, 1.82) is 0 Å². The minimum Gasteiger partial charge on any atom is -0.325 e. The van der Waals surface area contributed by atoms with Crippen LogP contribution in [0.3, 0.4) is 0 Å². The Morgan fingerprint density at radius 3 is 2.69 bits per heavy atom. The van der Waals surface area contributed by atoms with Crippen LogP contribution in [-0.2, 0) is 16.0 Å². The smallest absolute Gasteiger partial charge is 0.239 e. The lowest BCUT2D eigenvalue weighted by molar-refractivity contribution is -0.117. The molecule has 2 aromatic rings. The third-order valence-corrected chi connectivity index (χ3v) is 5.45. The molecule has 0 saturated heterocycles. The zero-order chi connectivity index (χ0) is 18.5. The average molecular weight is 372 g/mol. The Kier molecular flexibility index (Phi) is 5.93. The number of nitrogens with one attached hydrogen (secondary N) is 1. The van der Waals surface area contributed by atoms with E-state index in [0.717, 1.165) is 18.5 Å². The molecule has 0 aromatic heterocycles. The molecule has 3 rings (SSSR count). The van der Waals surface area contributed by atoms with E-state index in [2.05, 4.69) is 11.4 Å². The lowest BCUT2D eigenvalue weighted by atomic mass is 10.0. The van der Waals surface area contributed by atoms with Gasteiger partial charge in [0, 0.05) is 17.9 Å². The van der Waals surface area contributed by atoms with Crippen molar-refractivity contribution in [3.63, 3.8) is 0 Å². The molecule has 0 fully saturated rings. The van der Waals surface area contributed by atoms with Crippen LogP contribution in [0.1, 0.15) is 18.9 Å². The molecule has 0 saturated carbocycles. The van der Waals surface area contributed by atoms with E-state index in [0.29, 0.717) is 12.2 Å². The number of amides is 2. The second kappa shape index (κ2) is 8.36. The number of thioether (sulfide) groups is 1. The van der Waals surface area contributed by atoms with Gasteiger partial charge < -0.3 is 10.2 Å². The van der Waals surface area contributed by atoms with E-state index in [1.54, 1.807) is 0 Å². The predicted molar refractivity (Wildman–Crippen MR) is 104 cm³/mol. The standard InChI is InChI=1S/C20H21FN2O2S/c1-14(26-13-19(24)22-17-10-8-16(21)9-11-17)20(25)23-12-4-6-15-5-2-3-7-18(15)23/h2-3,5,7-11,14H,4,6,12-13H2,1H3,(H,22,24). The Morgan fingerprint density at radius 2 is 1.92 bits per heavy atom. The maximum atomic E-state index is 12.9. The highest BCUT2D eigenvalue weighted by Gasteiger charge is 2.26. The van der Waals surface area contributed by atoms with Crippen LogP contribution in [0.25, 0.3) is 0 Å². The monoisotopic (exact) mass is 372 g/mol. The van der Waals surface area contributed by atoms with Gasteiger partial charge in [-0.05, 0) is 55.7 Å². The fourth-order valence-corrected chi connectivity index (χ4v) is 3.73. The highest BCUT2D eigenvalue weighted by molar-refractivity contribution is 8.01. The number of rotatable bonds is 5. The first-order chi connectivity index (χ1) is 12.5. The summed E-state index contributed by atoms with van der Waals surface area (Å²) in [6.07, 6.45) is 1.94. The van der Waals surface area contributed by atoms with Crippen LogP contribution >= 0.6 is 11.8 Å². The van der Waals surface area contributed by atoms with Gasteiger partial charge in [0.25, 0.3) is 0 Å². The second-order valence-electron chi connectivity index (χ2n) is 6.23. The number of aryl methyl sites for hydroxylation is 1. The lowest BCUT2D eigenvalue weighted by Gasteiger charge is -2.31. The summed E-state index contributed by atoms with van der Waals surface area (Å²) in [5, 5.41) is 2.39. The number of carbonyl (C=O) groups is 2. The summed E-state index contributed by atoms with van der Waals surface area (Å²) in [5.74, 6) is -0.366. The van der Waals surface area contributed by atoms with Crippen molar-refractivity contribution in [3.05, 3.63) is 59.9 Å². The quantitative estimate of drug-likeness (QED) is 0.867. The van der Waals surface area contributed by atoms with Crippen molar-refractivity contribution in [2.75, 3.05) is 22.5 Å². The molecule has 136 valence electrons. The van der Waals surface area contributed by atoms with Gasteiger partial charge in [-0.25, -0.2) is 4.39 Å². The largest absolute Gasteiger partial charge is 0.325 e. The van der Waals surface area contributed by atoms with Crippen molar-refractivity contribution in [2.45, 2.75) is 25.0 Å². The molecule has 26 heavy (non-hydrogen) atoms. The molecule has 0 bridgehead atoms. The first-order valence-electron chi connectivity index (χ1n) is 8.61. The van der Waals surface area contributed by atoms with Crippen molar-refractivity contribution in [3.8, 4) is 0 Å². The van der Waals surface area contributed by atoms with Crippen LogP contribution in [-0.4, -0.2) is 29.4 Å². The summed E-state index contributed by atoms with van der Waals surface area (Å²) in [6, 6.07) is 13.6. The van der Waals surface area contributed by atoms with Crippen molar-refractivity contribution < 1.29 is 14.0 Å². The molecule has 0 radical (unpaired) electrons. The highest BCUT2D eigenvalue weighted by Crippen LogP contribution is 2.28. The molecule has 1 atom stereocenters. The molecule has 6 heteroatoms. The number of anilines is 2. The molecule has 1 heterocycles. The number of nitrogens with zero attached hydrogens (tertiary/aromatic N) is 1. The topological polar surface area (TPSA) is 49.4 Å². The minimum absolute atomic E-state index is 0.0248. The summed E-state index contributed by atoms with van der Waals surface area (Å²) in [6.45, 7) is 2.54. The van der Waals surface area contributed by atoms with Gasteiger partial charge in [0.05, 0.1) is 11.0 Å². The molecule has 0 aliphatic carbocycles. The predicted octanol–water partition coefficient (Wildman–Crippen LogP) is 3.87. The first-order valence-corrected chi connectivity index (χ1v) is 9.66. The third kappa shape index (κ3) is 4.43. The summed E-state index contributed by atoms with van der Waals surface area (Å²) < 4.78 is 12.9.